The van der Waals surface area contributed by atoms with Crippen molar-refractivity contribution in [2.24, 2.45) is 5.41 Å². The molecule has 3 heteroatoms. The Morgan fingerprint density at radius 3 is 1.94 bits per heavy atom. The van der Waals surface area contributed by atoms with Gasteiger partial charge >= 0.3 is 5.97 Å². The highest BCUT2D eigenvalue weighted by molar-refractivity contribution is 5.78. The van der Waals surface area contributed by atoms with Crippen LogP contribution >= 0.6 is 0 Å². The molecular weight excluding hydrogens is 384 g/mol. The maximum absolute atomic E-state index is 12.2. The van der Waals surface area contributed by atoms with Crippen molar-refractivity contribution < 1.29 is 14.7 Å². The average Bonchev–Trinajstić information content (AvgIpc) is 2.72. The number of carboxylic acids is 1. The Hall–Kier alpha value is -1.90. The van der Waals surface area contributed by atoms with Gasteiger partial charge in [-0.3, -0.25) is 9.59 Å². The molecule has 1 N–H and O–H groups in total. The van der Waals surface area contributed by atoms with Crippen LogP contribution in [0.4, 0.5) is 0 Å². The van der Waals surface area contributed by atoms with Crippen molar-refractivity contribution in [3.63, 3.8) is 0 Å². The average molecular weight is 429 g/mol. The minimum absolute atomic E-state index is 0.139. The molecule has 1 aromatic rings. The summed E-state index contributed by atoms with van der Waals surface area (Å²) in [6.07, 6.45) is 11.8. The van der Waals surface area contributed by atoms with Gasteiger partial charge in [0.2, 0.25) is 0 Å². The van der Waals surface area contributed by atoms with E-state index in [4.69, 9.17) is 0 Å². The van der Waals surface area contributed by atoms with Crippen LogP contribution in [0.25, 0.3) is 0 Å². The van der Waals surface area contributed by atoms with E-state index < -0.39 is 5.97 Å². The van der Waals surface area contributed by atoms with E-state index in [9.17, 15) is 14.7 Å². The van der Waals surface area contributed by atoms with Gasteiger partial charge in [0.05, 0.1) is 6.42 Å². The molecule has 0 aliphatic carbocycles. The molecule has 0 bridgehead atoms. The molecule has 1 unspecified atom stereocenters. The van der Waals surface area contributed by atoms with Gasteiger partial charge in [-0.2, -0.15) is 0 Å². The lowest BCUT2D eigenvalue weighted by atomic mass is 9.75. The third-order valence-corrected chi connectivity index (χ3v) is 6.95. The van der Waals surface area contributed by atoms with E-state index in [-0.39, 0.29) is 17.3 Å². The molecule has 1 rings (SSSR count). The molecular formula is C28H44O3. The minimum Gasteiger partial charge on any atom is -0.481 e. The van der Waals surface area contributed by atoms with Gasteiger partial charge < -0.3 is 5.11 Å². The number of carbonyl (C=O) groups excluding carboxylic acids is 1. The minimum atomic E-state index is -0.759. The number of carbonyl (C=O) groups is 2. The molecule has 0 radical (unpaired) electrons. The zero-order valence-corrected chi connectivity index (χ0v) is 20.5. The number of hydrogen-bond donors (Lipinski definition) is 1. The summed E-state index contributed by atoms with van der Waals surface area (Å²) in [6.45, 7) is 10.9. The van der Waals surface area contributed by atoms with Crippen molar-refractivity contribution in [1.82, 2.24) is 0 Å². The van der Waals surface area contributed by atoms with Gasteiger partial charge in [0.1, 0.15) is 5.78 Å². The van der Waals surface area contributed by atoms with E-state index in [1.165, 1.54) is 18.4 Å². The van der Waals surface area contributed by atoms with Crippen LogP contribution in [0.5, 0.6) is 0 Å². The number of unbranched alkanes of at least 4 members (excludes halogenated alkanes) is 4. The number of Topliss-reactive ketones (excluding diaryl/α,β-unsaturated/α-hetero) is 1. The molecule has 31 heavy (non-hydrogen) atoms. The standard InChI is InChI=1S/C28H44O3/c1-6-23(2)27(3,4)20-14-8-12-18-25(29)19-13-9-15-21-28(5,22-26(30)31)24-16-10-7-11-17-24/h6-7,10-11,16-17H,8-9,12-15,18-22H2,1-5H3,(H,30,31)/b23-6+. The molecule has 0 heterocycles. The second-order valence-corrected chi connectivity index (χ2v) is 10.0. The van der Waals surface area contributed by atoms with Crippen LogP contribution in [-0.2, 0) is 15.0 Å². The van der Waals surface area contributed by atoms with E-state index in [0.29, 0.717) is 18.6 Å². The fraction of sp³-hybridized carbons (Fsp3) is 0.643. The highest BCUT2D eigenvalue weighted by Crippen LogP contribution is 2.34. The molecule has 0 saturated carbocycles. The molecule has 0 aliphatic rings. The van der Waals surface area contributed by atoms with Crippen molar-refractivity contribution >= 4 is 11.8 Å². The maximum Gasteiger partial charge on any atom is 0.304 e. The normalized spacial score (nSPS) is 14.3. The predicted octanol–water partition coefficient (Wildman–Crippen LogP) is 7.88. The lowest BCUT2D eigenvalue weighted by Crippen LogP contribution is -2.25. The Bertz CT molecular complexity index is 702. The van der Waals surface area contributed by atoms with Gasteiger partial charge in [-0.25, -0.2) is 0 Å². The van der Waals surface area contributed by atoms with Gasteiger partial charge in [0.15, 0.2) is 0 Å². The molecule has 0 aliphatic heterocycles. The first kappa shape index (κ1) is 27.1. The summed E-state index contributed by atoms with van der Waals surface area (Å²) in [5, 5.41) is 9.34. The van der Waals surface area contributed by atoms with Crippen molar-refractivity contribution in [3.8, 4) is 0 Å². The Morgan fingerprint density at radius 1 is 0.871 bits per heavy atom. The van der Waals surface area contributed by atoms with Crippen LogP contribution in [0.3, 0.4) is 0 Å². The van der Waals surface area contributed by atoms with Gasteiger partial charge in [-0.05, 0) is 50.5 Å². The van der Waals surface area contributed by atoms with Crippen LogP contribution in [0.15, 0.2) is 42.0 Å². The first-order valence-electron chi connectivity index (χ1n) is 12.0. The Morgan fingerprint density at radius 2 is 1.42 bits per heavy atom. The summed E-state index contributed by atoms with van der Waals surface area (Å²) in [4.78, 5) is 23.6. The maximum atomic E-state index is 12.2. The van der Waals surface area contributed by atoms with E-state index in [1.54, 1.807) is 0 Å². The summed E-state index contributed by atoms with van der Waals surface area (Å²) in [5.41, 5.74) is 2.43. The number of rotatable bonds is 16. The molecule has 0 fully saturated rings. The summed E-state index contributed by atoms with van der Waals surface area (Å²) >= 11 is 0. The van der Waals surface area contributed by atoms with Crippen LogP contribution in [0.2, 0.25) is 0 Å². The van der Waals surface area contributed by atoms with Crippen molar-refractivity contribution in [2.75, 3.05) is 0 Å². The number of allylic oxidation sites excluding steroid dienone is 2. The van der Waals surface area contributed by atoms with Crippen LogP contribution in [-0.4, -0.2) is 16.9 Å². The number of carboxylic acid groups (broad SMARTS) is 1. The molecule has 1 atom stereocenters. The topological polar surface area (TPSA) is 54.4 Å². The number of hydrogen-bond acceptors (Lipinski definition) is 2. The zero-order valence-electron chi connectivity index (χ0n) is 20.5. The first-order chi connectivity index (χ1) is 14.6. The Labute approximate surface area is 190 Å². The Kier molecular flexibility index (Phi) is 11.8. The molecule has 1 aromatic carbocycles. The van der Waals surface area contributed by atoms with Gasteiger partial charge in [0, 0.05) is 18.3 Å². The summed E-state index contributed by atoms with van der Waals surface area (Å²) in [7, 11) is 0. The van der Waals surface area contributed by atoms with Gasteiger partial charge in [-0.1, -0.05) is 88.4 Å². The summed E-state index contributed by atoms with van der Waals surface area (Å²) in [6, 6.07) is 9.94. The largest absolute Gasteiger partial charge is 0.481 e. The number of ketones is 1. The van der Waals surface area contributed by atoms with Crippen molar-refractivity contribution in [2.45, 2.75) is 111 Å². The molecule has 0 aromatic heterocycles. The highest BCUT2D eigenvalue weighted by Gasteiger charge is 2.29. The number of aliphatic carboxylic acids is 1. The molecule has 174 valence electrons. The fourth-order valence-electron chi connectivity index (χ4n) is 4.30. The predicted molar refractivity (Wildman–Crippen MR) is 130 cm³/mol. The molecule has 0 amide bonds. The zero-order chi connectivity index (χ0) is 23.3. The second-order valence-electron chi connectivity index (χ2n) is 10.0. The van der Waals surface area contributed by atoms with E-state index >= 15 is 0 Å². The molecule has 0 saturated heterocycles. The highest BCUT2D eigenvalue weighted by atomic mass is 16.4. The van der Waals surface area contributed by atoms with E-state index in [0.717, 1.165) is 44.1 Å². The third kappa shape index (κ3) is 10.3. The third-order valence-electron chi connectivity index (χ3n) is 6.95. The fourth-order valence-corrected chi connectivity index (χ4v) is 4.30. The quantitative estimate of drug-likeness (QED) is 0.215. The van der Waals surface area contributed by atoms with Crippen molar-refractivity contribution in [1.29, 1.82) is 0 Å². The van der Waals surface area contributed by atoms with Crippen LogP contribution < -0.4 is 0 Å². The monoisotopic (exact) mass is 428 g/mol. The van der Waals surface area contributed by atoms with Crippen LogP contribution in [0, 0.1) is 5.41 Å². The lowest BCUT2D eigenvalue weighted by Gasteiger charge is -2.28. The smallest absolute Gasteiger partial charge is 0.304 e. The molecule has 3 nitrogen and oxygen atoms in total. The van der Waals surface area contributed by atoms with Crippen molar-refractivity contribution in [3.05, 3.63) is 47.5 Å². The Balaban J connectivity index is 2.25. The summed E-state index contributed by atoms with van der Waals surface area (Å²) in [5.74, 6) is -0.383. The summed E-state index contributed by atoms with van der Waals surface area (Å²) < 4.78 is 0. The SMILES string of the molecule is C/C=C(\C)C(C)(C)CCCCCC(=O)CCCCCC(C)(CC(=O)O)c1ccccc1. The first-order valence-corrected chi connectivity index (χ1v) is 12.0. The van der Waals surface area contributed by atoms with Crippen LogP contribution in [0.1, 0.15) is 111 Å². The van der Waals surface area contributed by atoms with Gasteiger partial charge in [0.25, 0.3) is 0 Å². The van der Waals surface area contributed by atoms with Gasteiger partial charge in [-0.15, -0.1) is 0 Å². The van der Waals surface area contributed by atoms with E-state index in [2.05, 4.69) is 33.8 Å². The van der Waals surface area contributed by atoms with E-state index in [1.807, 2.05) is 37.3 Å². The number of benzene rings is 1. The molecule has 0 spiro atoms. The second kappa shape index (κ2) is 13.5. The lowest BCUT2D eigenvalue weighted by molar-refractivity contribution is -0.138.